The van der Waals surface area contributed by atoms with Crippen LogP contribution in [0.3, 0.4) is 0 Å². The first-order valence-corrected chi connectivity index (χ1v) is 5.26. The van der Waals surface area contributed by atoms with Gasteiger partial charge in [0.05, 0.1) is 0 Å². The van der Waals surface area contributed by atoms with Crippen LogP contribution in [0.2, 0.25) is 5.02 Å². The van der Waals surface area contributed by atoms with Crippen molar-refractivity contribution in [2.45, 2.75) is 33.1 Å². The largest absolute Gasteiger partial charge is 0.326 e. The molecular weight excluding hydrogens is 210 g/mol. The summed E-state index contributed by atoms with van der Waals surface area (Å²) < 4.78 is 0. The van der Waals surface area contributed by atoms with Crippen molar-refractivity contribution >= 4 is 23.2 Å². The monoisotopic (exact) mass is 225 g/mol. The molecule has 0 aromatic heterocycles. The summed E-state index contributed by atoms with van der Waals surface area (Å²) >= 11 is 6.10. The van der Waals surface area contributed by atoms with Crippen LogP contribution in [-0.2, 0) is 10.2 Å². The van der Waals surface area contributed by atoms with Crippen molar-refractivity contribution in [1.29, 1.82) is 0 Å². The van der Waals surface area contributed by atoms with Crippen LogP contribution in [0.1, 0.15) is 33.3 Å². The van der Waals surface area contributed by atoms with Gasteiger partial charge in [0.1, 0.15) is 0 Å². The third kappa shape index (κ3) is 3.24. The molecule has 0 fully saturated rings. The van der Waals surface area contributed by atoms with E-state index < -0.39 is 0 Å². The number of halogens is 1. The first-order valence-electron chi connectivity index (χ1n) is 4.88. The lowest BCUT2D eigenvalue weighted by atomic mass is 9.87. The van der Waals surface area contributed by atoms with E-state index in [4.69, 9.17) is 11.6 Å². The van der Waals surface area contributed by atoms with E-state index in [0.717, 1.165) is 16.3 Å². The van der Waals surface area contributed by atoms with Crippen LogP contribution in [0, 0.1) is 0 Å². The number of nitrogens with one attached hydrogen (secondary N) is 1. The quantitative estimate of drug-likeness (QED) is 0.778. The Balaban J connectivity index is 3.11. The number of benzene rings is 1. The fourth-order valence-corrected chi connectivity index (χ4v) is 1.78. The Labute approximate surface area is 95.6 Å². The van der Waals surface area contributed by atoms with Crippen LogP contribution in [-0.4, -0.2) is 5.91 Å². The van der Waals surface area contributed by atoms with Gasteiger partial charge in [0.15, 0.2) is 0 Å². The van der Waals surface area contributed by atoms with Crippen LogP contribution >= 0.6 is 11.6 Å². The van der Waals surface area contributed by atoms with E-state index in [1.165, 1.54) is 6.92 Å². The van der Waals surface area contributed by atoms with Crippen LogP contribution in [0.5, 0.6) is 0 Å². The minimum atomic E-state index is -0.0721. The lowest BCUT2D eigenvalue weighted by Gasteiger charge is -2.21. The molecule has 0 aliphatic heterocycles. The van der Waals surface area contributed by atoms with Crippen molar-refractivity contribution < 1.29 is 4.79 Å². The topological polar surface area (TPSA) is 29.1 Å². The van der Waals surface area contributed by atoms with E-state index in [1.807, 2.05) is 12.1 Å². The number of hydrogen-bond acceptors (Lipinski definition) is 1. The highest BCUT2D eigenvalue weighted by atomic mass is 35.5. The van der Waals surface area contributed by atoms with Gasteiger partial charge < -0.3 is 5.32 Å². The molecule has 0 aliphatic carbocycles. The molecule has 0 atom stereocenters. The van der Waals surface area contributed by atoms with Crippen LogP contribution in [0.25, 0.3) is 0 Å². The predicted molar refractivity (Wildman–Crippen MR) is 64.5 cm³/mol. The molecule has 1 rings (SSSR count). The van der Waals surface area contributed by atoms with Gasteiger partial charge in [-0.1, -0.05) is 32.4 Å². The van der Waals surface area contributed by atoms with Crippen molar-refractivity contribution in [3.63, 3.8) is 0 Å². The third-order valence-corrected chi connectivity index (χ3v) is 2.42. The summed E-state index contributed by atoms with van der Waals surface area (Å²) in [7, 11) is 0. The van der Waals surface area contributed by atoms with Gasteiger partial charge >= 0.3 is 0 Å². The second-order valence-electron chi connectivity index (χ2n) is 4.63. The fraction of sp³-hybridized carbons (Fsp3) is 0.417. The van der Waals surface area contributed by atoms with Crippen molar-refractivity contribution in [3.05, 3.63) is 28.8 Å². The van der Waals surface area contributed by atoms with Crippen molar-refractivity contribution in [3.8, 4) is 0 Å². The molecule has 82 valence electrons. The zero-order valence-corrected chi connectivity index (χ0v) is 10.3. The smallest absolute Gasteiger partial charge is 0.221 e. The lowest BCUT2D eigenvalue weighted by molar-refractivity contribution is -0.114. The zero-order chi connectivity index (χ0) is 11.6. The van der Waals surface area contributed by atoms with Crippen LogP contribution in [0.15, 0.2) is 18.2 Å². The predicted octanol–water partition coefficient (Wildman–Crippen LogP) is 3.60. The average Bonchev–Trinajstić information content (AvgIpc) is 2.05. The van der Waals surface area contributed by atoms with E-state index in [1.54, 1.807) is 6.07 Å². The maximum atomic E-state index is 10.9. The Morgan fingerprint density at radius 3 is 2.40 bits per heavy atom. The number of rotatable bonds is 1. The number of amides is 1. The van der Waals surface area contributed by atoms with E-state index in [9.17, 15) is 4.79 Å². The molecule has 1 N–H and O–H groups in total. The minimum Gasteiger partial charge on any atom is -0.326 e. The molecule has 3 heteroatoms. The van der Waals surface area contributed by atoms with Gasteiger partial charge in [-0.2, -0.15) is 0 Å². The molecule has 1 aromatic rings. The lowest BCUT2D eigenvalue weighted by Crippen LogP contribution is -2.13. The number of carbonyl (C=O) groups is 1. The highest BCUT2D eigenvalue weighted by molar-refractivity contribution is 6.31. The van der Waals surface area contributed by atoms with Crippen LogP contribution in [0.4, 0.5) is 5.69 Å². The Morgan fingerprint density at radius 1 is 1.33 bits per heavy atom. The molecule has 0 saturated carbocycles. The van der Waals surface area contributed by atoms with Crippen molar-refractivity contribution in [2.75, 3.05) is 5.32 Å². The zero-order valence-electron chi connectivity index (χ0n) is 9.52. The van der Waals surface area contributed by atoms with Gasteiger partial charge in [-0.15, -0.1) is 0 Å². The Hall–Kier alpha value is -1.02. The molecule has 0 heterocycles. The summed E-state index contributed by atoms with van der Waals surface area (Å²) in [4.78, 5) is 10.9. The van der Waals surface area contributed by atoms with Crippen molar-refractivity contribution in [1.82, 2.24) is 0 Å². The average molecular weight is 226 g/mol. The van der Waals surface area contributed by atoms with Gasteiger partial charge in [0.2, 0.25) is 5.91 Å². The maximum absolute atomic E-state index is 10.9. The highest BCUT2D eigenvalue weighted by Gasteiger charge is 2.17. The summed E-state index contributed by atoms with van der Waals surface area (Å²) in [5.41, 5.74) is 1.80. The number of hydrogen-bond donors (Lipinski definition) is 1. The minimum absolute atomic E-state index is 0.0223. The molecule has 0 bridgehead atoms. The summed E-state index contributed by atoms with van der Waals surface area (Å²) in [5.74, 6) is -0.0721. The number of carbonyl (C=O) groups excluding carboxylic acids is 1. The van der Waals surface area contributed by atoms with E-state index >= 15 is 0 Å². The second kappa shape index (κ2) is 4.23. The van der Waals surface area contributed by atoms with Gasteiger partial charge in [-0.3, -0.25) is 4.79 Å². The van der Waals surface area contributed by atoms with Crippen LogP contribution < -0.4 is 5.32 Å². The summed E-state index contributed by atoms with van der Waals surface area (Å²) in [6.45, 7) is 7.76. The van der Waals surface area contributed by atoms with Gasteiger partial charge in [-0.05, 0) is 29.2 Å². The second-order valence-corrected chi connectivity index (χ2v) is 5.03. The van der Waals surface area contributed by atoms with Gasteiger partial charge in [-0.25, -0.2) is 0 Å². The summed E-state index contributed by atoms with van der Waals surface area (Å²) in [5, 5.41) is 3.48. The molecule has 0 saturated heterocycles. The SMILES string of the molecule is CC(=O)Nc1ccc(Cl)c(C(C)(C)C)c1. The molecule has 0 radical (unpaired) electrons. The van der Waals surface area contributed by atoms with Crippen molar-refractivity contribution in [2.24, 2.45) is 0 Å². The molecule has 1 amide bonds. The standard InChI is InChI=1S/C12H16ClNO/c1-8(15)14-9-5-6-11(13)10(7-9)12(2,3)4/h5-7H,1-4H3,(H,14,15). The van der Waals surface area contributed by atoms with E-state index in [0.29, 0.717) is 0 Å². The van der Waals surface area contributed by atoms with Gasteiger partial charge in [0, 0.05) is 17.6 Å². The molecule has 0 spiro atoms. The molecule has 0 unspecified atom stereocenters. The first-order chi connectivity index (χ1) is 6.80. The number of anilines is 1. The van der Waals surface area contributed by atoms with E-state index in [-0.39, 0.29) is 11.3 Å². The molecular formula is C12H16ClNO. The Morgan fingerprint density at radius 2 is 1.93 bits per heavy atom. The molecule has 0 aliphatic rings. The summed E-state index contributed by atoms with van der Waals surface area (Å²) in [6, 6.07) is 5.54. The van der Waals surface area contributed by atoms with E-state index in [2.05, 4.69) is 26.1 Å². The molecule has 2 nitrogen and oxygen atoms in total. The fourth-order valence-electron chi connectivity index (χ4n) is 1.38. The third-order valence-electron chi connectivity index (χ3n) is 2.09. The normalized spacial score (nSPS) is 11.3. The maximum Gasteiger partial charge on any atom is 0.221 e. The Kier molecular flexibility index (Phi) is 3.40. The Bertz CT molecular complexity index is 380. The molecule has 15 heavy (non-hydrogen) atoms. The molecule has 1 aromatic carbocycles. The highest BCUT2D eigenvalue weighted by Crippen LogP contribution is 2.31. The first kappa shape index (κ1) is 12.1. The summed E-state index contributed by atoms with van der Waals surface area (Å²) in [6.07, 6.45) is 0. The van der Waals surface area contributed by atoms with Gasteiger partial charge in [0.25, 0.3) is 0 Å².